The third-order valence-corrected chi connectivity index (χ3v) is 3.25. The quantitative estimate of drug-likeness (QED) is 0.844. The van der Waals surface area contributed by atoms with Gasteiger partial charge in [0, 0.05) is 25.7 Å². The summed E-state index contributed by atoms with van der Waals surface area (Å²) < 4.78 is 0. The van der Waals surface area contributed by atoms with Gasteiger partial charge < -0.3 is 16.0 Å². The minimum atomic E-state index is -0.0287. The molecule has 1 atom stereocenters. The first-order valence-electron chi connectivity index (χ1n) is 6.58. The van der Waals surface area contributed by atoms with Crippen LogP contribution in [0.4, 0.5) is 4.79 Å². The van der Waals surface area contributed by atoms with Gasteiger partial charge in [0.25, 0.3) is 0 Å². The lowest BCUT2D eigenvalue weighted by atomic mass is 10.1. The van der Waals surface area contributed by atoms with E-state index in [1.807, 2.05) is 23.1 Å². The molecule has 3 N–H and O–H groups in total. The van der Waals surface area contributed by atoms with Crippen LogP contribution >= 0.6 is 0 Å². The van der Waals surface area contributed by atoms with Crippen LogP contribution in [0.5, 0.6) is 0 Å². The van der Waals surface area contributed by atoms with Gasteiger partial charge in [-0.15, -0.1) is 0 Å². The Hall–Kier alpha value is -1.55. The Morgan fingerprint density at radius 3 is 2.61 bits per heavy atom. The molecule has 4 heteroatoms. The number of nitrogens with two attached hydrogens (primary N) is 1. The highest BCUT2D eigenvalue weighted by Crippen LogP contribution is 2.07. The Morgan fingerprint density at radius 2 is 1.94 bits per heavy atom. The van der Waals surface area contributed by atoms with E-state index in [1.165, 1.54) is 5.56 Å². The van der Waals surface area contributed by atoms with E-state index < -0.39 is 0 Å². The molecule has 0 saturated carbocycles. The summed E-state index contributed by atoms with van der Waals surface area (Å²) in [4.78, 5) is 13.6. The van der Waals surface area contributed by atoms with E-state index in [0.717, 1.165) is 32.4 Å². The second kappa shape index (κ2) is 6.40. The topological polar surface area (TPSA) is 58.4 Å². The number of rotatable bonds is 4. The molecule has 2 amide bonds. The average Bonchev–Trinajstić information content (AvgIpc) is 2.91. The third-order valence-electron chi connectivity index (χ3n) is 3.25. The van der Waals surface area contributed by atoms with Crippen LogP contribution in [0.1, 0.15) is 18.4 Å². The summed E-state index contributed by atoms with van der Waals surface area (Å²) in [6.07, 6.45) is 3.02. The molecule has 1 aliphatic heterocycles. The number of urea groups is 1. The number of carbonyl (C=O) groups excluding carboxylic acids is 1. The van der Waals surface area contributed by atoms with Crippen LogP contribution in [-0.4, -0.2) is 36.6 Å². The number of carbonyl (C=O) groups is 1. The highest BCUT2D eigenvalue weighted by molar-refractivity contribution is 5.74. The second-order valence-corrected chi connectivity index (χ2v) is 4.83. The molecule has 0 unspecified atom stereocenters. The zero-order chi connectivity index (χ0) is 12.8. The second-order valence-electron chi connectivity index (χ2n) is 4.83. The Labute approximate surface area is 108 Å². The minimum absolute atomic E-state index is 0.0241. The summed E-state index contributed by atoms with van der Waals surface area (Å²) in [7, 11) is 0. The summed E-state index contributed by atoms with van der Waals surface area (Å²) in [5.41, 5.74) is 7.23. The maximum absolute atomic E-state index is 11.8. The number of likely N-dealkylation sites (tertiary alicyclic amines) is 1. The molecule has 1 aromatic rings. The van der Waals surface area contributed by atoms with Gasteiger partial charge in [-0.1, -0.05) is 30.3 Å². The van der Waals surface area contributed by atoms with E-state index in [2.05, 4.69) is 17.4 Å². The summed E-state index contributed by atoms with van der Waals surface area (Å²) in [5.74, 6) is 0. The largest absolute Gasteiger partial charge is 0.336 e. The van der Waals surface area contributed by atoms with Crippen molar-refractivity contribution >= 4 is 6.03 Å². The zero-order valence-electron chi connectivity index (χ0n) is 10.6. The molecule has 18 heavy (non-hydrogen) atoms. The molecule has 0 aromatic heterocycles. The van der Waals surface area contributed by atoms with Crippen molar-refractivity contribution in [2.24, 2.45) is 5.73 Å². The average molecular weight is 247 g/mol. The van der Waals surface area contributed by atoms with Crippen LogP contribution in [-0.2, 0) is 6.42 Å². The van der Waals surface area contributed by atoms with Crippen molar-refractivity contribution in [3.63, 3.8) is 0 Å². The molecule has 0 spiro atoms. The molecule has 2 rings (SSSR count). The van der Waals surface area contributed by atoms with E-state index in [-0.39, 0.29) is 12.1 Å². The van der Waals surface area contributed by atoms with Crippen molar-refractivity contribution in [3.05, 3.63) is 35.9 Å². The molecule has 0 aliphatic carbocycles. The van der Waals surface area contributed by atoms with Crippen LogP contribution in [0.3, 0.4) is 0 Å². The van der Waals surface area contributed by atoms with Gasteiger partial charge in [-0.25, -0.2) is 4.79 Å². The van der Waals surface area contributed by atoms with Crippen molar-refractivity contribution in [1.82, 2.24) is 10.2 Å². The predicted octanol–water partition coefficient (Wildman–Crippen LogP) is 1.36. The van der Waals surface area contributed by atoms with Crippen molar-refractivity contribution in [3.8, 4) is 0 Å². The molecule has 0 radical (unpaired) electrons. The molecular weight excluding hydrogens is 226 g/mol. The lowest BCUT2D eigenvalue weighted by Crippen LogP contribution is -2.44. The molecule has 1 aromatic carbocycles. The van der Waals surface area contributed by atoms with Crippen LogP contribution in [0, 0.1) is 0 Å². The van der Waals surface area contributed by atoms with Crippen LogP contribution < -0.4 is 11.1 Å². The zero-order valence-corrected chi connectivity index (χ0v) is 10.6. The first kappa shape index (κ1) is 12.9. The van der Waals surface area contributed by atoms with Crippen LogP contribution in [0.25, 0.3) is 0 Å². The standard InChI is InChI=1S/C14H21N3O/c15-13(10-12-6-2-1-3-7-12)11-16-14(18)17-8-4-5-9-17/h1-3,6-7,13H,4-5,8-11,15H2,(H,16,18)/t13-/m1/s1. The molecule has 4 nitrogen and oxygen atoms in total. The summed E-state index contributed by atoms with van der Waals surface area (Å²) >= 11 is 0. The normalized spacial score (nSPS) is 16.6. The fraction of sp³-hybridized carbons (Fsp3) is 0.500. The van der Waals surface area contributed by atoms with Gasteiger partial charge in [-0.3, -0.25) is 0 Å². The Morgan fingerprint density at radius 1 is 1.28 bits per heavy atom. The lowest BCUT2D eigenvalue weighted by molar-refractivity contribution is 0.208. The molecule has 1 aliphatic rings. The van der Waals surface area contributed by atoms with Gasteiger partial charge in [-0.05, 0) is 24.8 Å². The number of hydrogen-bond donors (Lipinski definition) is 2. The van der Waals surface area contributed by atoms with Gasteiger partial charge in [0.15, 0.2) is 0 Å². The number of benzene rings is 1. The van der Waals surface area contributed by atoms with E-state index in [1.54, 1.807) is 0 Å². The monoisotopic (exact) mass is 247 g/mol. The van der Waals surface area contributed by atoms with Crippen molar-refractivity contribution < 1.29 is 4.79 Å². The van der Waals surface area contributed by atoms with Gasteiger partial charge >= 0.3 is 6.03 Å². The highest BCUT2D eigenvalue weighted by atomic mass is 16.2. The molecule has 98 valence electrons. The third kappa shape index (κ3) is 3.74. The van der Waals surface area contributed by atoms with E-state index in [4.69, 9.17) is 5.73 Å². The Kier molecular flexibility index (Phi) is 4.59. The first-order chi connectivity index (χ1) is 8.75. The van der Waals surface area contributed by atoms with E-state index in [0.29, 0.717) is 6.54 Å². The maximum atomic E-state index is 11.8. The number of hydrogen-bond acceptors (Lipinski definition) is 2. The maximum Gasteiger partial charge on any atom is 0.317 e. The van der Waals surface area contributed by atoms with Crippen molar-refractivity contribution in [2.75, 3.05) is 19.6 Å². The van der Waals surface area contributed by atoms with Gasteiger partial charge in [0.1, 0.15) is 0 Å². The fourth-order valence-electron chi connectivity index (χ4n) is 2.24. The molecule has 1 saturated heterocycles. The number of nitrogens with one attached hydrogen (secondary N) is 1. The van der Waals surface area contributed by atoms with Crippen LogP contribution in [0.2, 0.25) is 0 Å². The van der Waals surface area contributed by atoms with E-state index >= 15 is 0 Å². The van der Waals surface area contributed by atoms with E-state index in [9.17, 15) is 4.79 Å². The predicted molar refractivity (Wildman–Crippen MR) is 72.3 cm³/mol. The Bertz CT molecular complexity index is 374. The minimum Gasteiger partial charge on any atom is -0.336 e. The van der Waals surface area contributed by atoms with Gasteiger partial charge in [0.2, 0.25) is 0 Å². The number of nitrogens with zero attached hydrogens (tertiary/aromatic N) is 1. The summed E-state index contributed by atoms with van der Waals surface area (Å²) in [6, 6.07) is 10.1. The first-order valence-corrected chi connectivity index (χ1v) is 6.58. The SMILES string of the molecule is N[C@@H](CNC(=O)N1CCCC1)Cc1ccccc1. The Balaban J connectivity index is 1.71. The molecular formula is C14H21N3O. The molecule has 1 heterocycles. The smallest absolute Gasteiger partial charge is 0.317 e. The van der Waals surface area contributed by atoms with Crippen molar-refractivity contribution in [1.29, 1.82) is 0 Å². The van der Waals surface area contributed by atoms with Crippen LogP contribution in [0.15, 0.2) is 30.3 Å². The highest BCUT2D eigenvalue weighted by Gasteiger charge is 2.17. The molecule has 0 bridgehead atoms. The van der Waals surface area contributed by atoms with Crippen molar-refractivity contribution in [2.45, 2.75) is 25.3 Å². The van der Waals surface area contributed by atoms with Gasteiger partial charge in [0.05, 0.1) is 0 Å². The lowest BCUT2D eigenvalue weighted by Gasteiger charge is -2.18. The van der Waals surface area contributed by atoms with Gasteiger partial charge in [-0.2, -0.15) is 0 Å². The summed E-state index contributed by atoms with van der Waals surface area (Å²) in [6.45, 7) is 2.28. The fourth-order valence-corrected chi connectivity index (χ4v) is 2.24. The number of amides is 2. The summed E-state index contributed by atoms with van der Waals surface area (Å²) in [5, 5.41) is 2.91. The molecule has 1 fully saturated rings.